The summed E-state index contributed by atoms with van der Waals surface area (Å²) in [6, 6.07) is 10.8. The maximum atomic E-state index is 13.2. The van der Waals surface area contributed by atoms with Gasteiger partial charge in [-0.05, 0) is 66.3 Å². The Morgan fingerprint density at radius 2 is 1.95 bits per heavy atom. The van der Waals surface area contributed by atoms with Gasteiger partial charge in [0.2, 0.25) is 0 Å². The molecule has 0 heterocycles. The SMILES string of the molecule is Cc1cc(F)ccc1C1(O)CCc2cc(Br)ccc2C1. The number of halogens is 2. The minimum atomic E-state index is -0.890. The second-order valence-corrected chi connectivity index (χ2v) is 6.50. The van der Waals surface area contributed by atoms with Crippen molar-refractivity contribution in [3.8, 4) is 0 Å². The molecule has 1 unspecified atom stereocenters. The van der Waals surface area contributed by atoms with E-state index < -0.39 is 5.60 Å². The van der Waals surface area contributed by atoms with Crippen LogP contribution in [-0.4, -0.2) is 5.11 Å². The zero-order valence-electron chi connectivity index (χ0n) is 11.3. The van der Waals surface area contributed by atoms with E-state index in [-0.39, 0.29) is 5.82 Å². The molecule has 20 heavy (non-hydrogen) atoms. The summed E-state index contributed by atoms with van der Waals surface area (Å²) in [5, 5.41) is 11.0. The van der Waals surface area contributed by atoms with Crippen molar-refractivity contribution in [3.05, 3.63) is 68.9 Å². The van der Waals surface area contributed by atoms with Crippen LogP contribution in [0.4, 0.5) is 4.39 Å². The molecule has 0 amide bonds. The fourth-order valence-electron chi connectivity index (χ4n) is 3.12. The van der Waals surface area contributed by atoms with E-state index >= 15 is 0 Å². The molecular formula is C17H16BrFO. The summed E-state index contributed by atoms with van der Waals surface area (Å²) in [5.74, 6) is -0.255. The highest BCUT2D eigenvalue weighted by atomic mass is 79.9. The van der Waals surface area contributed by atoms with Gasteiger partial charge >= 0.3 is 0 Å². The molecule has 1 atom stereocenters. The van der Waals surface area contributed by atoms with Crippen LogP contribution < -0.4 is 0 Å². The highest BCUT2D eigenvalue weighted by Crippen LogP contribution is 2.38. The molecule has 3 rings (SSSR count). The molecule has 2 aromatic carbocycles. The summed E-state index contributed by atoms with van der Waals surface area (Å²) in [6.07, 6.45) is 2.09. The van der Waals surface area contributed by atoms with Gasteiger partial charge in [0.15, 0.2) is 0 Å². The number of hydrogen-bond acceptors (Lipinski definition) is 1. The molecule has 0 bridgehead atoms. The van der Waals surface area contributed by atoms with Crippen molar-refractivity contribution in [3.63, 3.8) is 0 Å². The average molecular weight is 335 g/mol. The summed E-state index contributed by atoms with van der Waals surface area (Å²) in [7, 11) is 0. The maximum absolute atomic E-state index is 13.2. The molecule has 0 saturated heterocycles. The van der Waals surface area contributed by atoms with Gasteiger partial charge in [0, 0.05) is 10.9 Å². The molecule has 1 nitrogen and oxygen atoms in total. The minimum Gasteiger partial charge on any atom is -0.385 e. The topological polar surface area (TPSA) is 20.2 Å². The fourth-order valence-corrected chi connectivity index (χ4v) is 3.53. The Labute approximate surface area is 126 Å². The van der Waals surface area contributed by atoms with Crippen LogP contribution in [0.2, 0.25) is 0 Å². The Balaban J connectivity index is 2.00. The van der Waals surface area contributed by atoms with Crippen LogP contribution in [0.1, 0.15) is 28.7 Å². The lowest BCUT2D eigenvalue weighted by Crippen LogP contribution is -2.33. The number of benzene rings is 2. The van der Waals surface area contributed by atoms with Gasteiger partial charge in [-0.25, -0.2) is 4.39 Å². The highest BCUT2D eigenvalue weighted by molar-refractivity contribution is 9.10. The largest absolute Gasteiger partial charge is 0.385 e. The second kappa shape index (κ2) is 4.97. The van der Waals surface area contributed by atoms with Crippen LogP contribution in [-0.2, 0) is 18.4 Å². The highest BCUT2D eigenvalue weighted by Gasteiger charge is 2.34. The fraction of sp³-hybridized carbons (Fsp3) is 0.294. The van der Waals surface area contributed by atoms with Crippen LogP contribution in [0.15, 0.2) is 40.9 Å². The van der Waals surface area contributed by atoms with Gasteiger partial charge in [0.05, 0.1) is 5.60 Å². The predicted octanol–water partition coefficient (Wildman–Crippen LogP) is 4.27. The lowest BCUT2D eigenvalue weighted by atomic mass is 9.75. The molecule has 2 aromatic rings. The summed E-state index contributed by atoms with van der Waals surface area (Å²) < 4.78 is 14.3. The van der Waals surface area contributed by atoms with E-state index in [1.165, 1.54) is 23.3 Å². The third-order valence-corrected chi connectivity index (χ3v) is 4.64. The summed E-state index contributed by atoms with van der Waals surface area (Å²) >= 11 is 3.48. The lowest BCUT2D eigenvalue weighted by Gasteiger charge is -2.35. The van der Waals surface area contributed by atoms with E-state index in [2.05, 4.69) is 28.1 Å². The van der Waals surface area contributed by atoms with Crippen LogP contribution in [0, 0.1) is 12.7 Å². The van der Waals surface area contributed by atoms with Gasteiger partial charge in [-0.1, -0.05) is 28.1 Å². The van der Waals surface area contributed by atoms with Crippen molar-refractivity contribution in [1.29, 1.82) is 0 Å². The van der Waals surface area contributed by atoms with E-state index in [1.54, 1.807) is 6.07 Å². The first-order valence-electron chi connectivity index (χ1n) is 6.74. The normalized spacial score (nSPS) is 21.6. The van der Waals surface area contributed by atoms with Gasteiger partial charge in [-0.15, -0.1) is 0 Å². The Hall–Kier alpha value is -1.19. The Morgan fingerprint density at radius 3 is 2.70 bits per heavy atom. The minimum absolute atomic E-state index is 0.255. The van der Waals surface area contributed by atoms with Crippen molar-refractivity contribution in [2.24, 2.45) is 0 Å². The molecular weight excluding hydrogens is 319 g/mol. The molecule has 1 aliphatic carbocycles. The second-order valence-electron chi connectivity index (χ2n) is 5.58. The quantitative estimate of drug-likeness (QED) is 0.825. The summed E-state index contributed by atoms with van der Waals surface area (Å²) in [5.41, 5.74) is 3.22. The van der Waals surface area contributed by atoms with Crippen LogP contribution in [0.5, 0.6) is 0 Å². The Kier molecular flexibility index (Phi) is 3.43. The van der Waals surface area contributed by atoms with E-state index in [0.29, 0.717) is 12.8 Å². The number of fused-ring (bicyclic) bond motifs is 1. The Bertz CT molecular complexity index is 668. The van der Waals surface area contributed by atoms with Crippen LogP contribution in [0.25, 0.3) is 0 Å². The standard InChI is InChI=1S/C17H16BrFO/c1-11-8-15(19)4-5-16(11)17(20)7-6-12-9-14(18)3-2-13(12)10-17/h2-5,8-9,20H,6-7,10H2,1H3. The van der Waals surface area contributed by atoms with Crippen molar-refractivity contribution in [2.75, 3.05) is 0 Å². The zero-order valence-corrected chi connectivity index (χ0v) is 12.9. The monoisotopic (exact) mass is 334 g/mol. The third kappa shape index (κ3) is 2.40. The molecule has 104 valence electrons. The van der Waals surface area contributed by atoms with Gasteiger partial charge in [0.25, 0.3) is 0 Å². The zero-order chi connectivity index (χ0) is 14.3. The maximum Gasteiger partial charge on any atom is 0.123 e. The summed E-state index contributed by atoms with van der Waals surface area (Å²) in [4.78, 5) is 0. The molecule has 0 aromatic heterocycles. The third-order valence-electron chi connectivity index (χ3n) is 4.15. The van der Waals surface area contributed by atoms with Crippen molar-refractivity contribution in [1.82, 2.24) is 0 Å². The van der Waals surface area contributed by atoms with Crippen molar-refractivity contribution < 1.29 is 9.50 Å². The molecule has 0 fully saturated rings. The molecule has 0 saturated carbocycles. The molecule has 1 N–H and O–H groups in total. The number of rotatable bonds is 1. The van der Waals surface area contributed by atoms with Crippen LogP contribution in [0.3, 0.4) is 0 Å². The van der Waals surface area contributed by atoms with Crippen molar-refractivity contribution in [2.45, 2.75) is 31.8 Å². The van der Waals surface area contributed by atoms with Crippen LogP contribution >= 0.6 is 15.9 Å². The number of aryl methyl sites for hydroxylation is 2. The van der Waals surface area contributed by atoms with E-state index in [1.807, 2.05) is 13.0 Å². The molecule has 0 aliphatic heterocycles. The molecule has 1 aliphatic rings. The first-order chi connectivity index (χ1) is 9.48. The smallest absolute Gasteiger partial charge is 0.123 e. The van der Waals surface area contributed by atoms with Gasteiger partial charge < -0.3 is 5.11 Å². The van der Waals surface area contributed by atoms with Gasteiger partial charge in [0.1, 0.15) is 5.82 Å². The van der Waals surface area contributed by atoms with Crippen molar-refractivity contribution >= 4 is 15.9 Å². The first-order valence-corrected chi connectivity index (χ1v) is 7.53. The number of hydrogen-bond donors (Lipinski definition) is 1. The van der Waals surface area contributed by atoms with Gasteiger partial charge in [-0.3, -0.25) is 0 Å². The van der Waals surface area contributed by atoms with E-state index in [4.69, 9.17) is 0 Å². The first kappa shape index (κ1) is 13.8. The summed E-state index contributed by atoms with van der Waals surface area (Å²) in [6.45, 7) is 1.85. The molecule has 3 heteroatoms. The lowest BCUT2D eigenvalue weighted by molar-refractivity contribution is 0.0216. The molecule has 0 spiro atoms. The molecule has 0 radical (unpaired) electrons. The van der Waals surface area contributed by atoms with Gasteiger partial charge in [-0.2, -0.15) is 0 Å². The average Bonchev–Trinajstić information content (AvgIpc) is 2.39. The predicted molar refractivity (Wildman–Crippen MR) is 81.2 cm³/mol. The van der Waals surface area contributed by atoms with E-state index in [0.717, 1.165) is 22.0 Å². The Morgan fingerprint density at radius 1 is 1.15 bits per heavy atom. The number of aliphatic hydroxyl groups is 1. The van der Waals surface area contributed by atoms with E-state index in [9.17, 15) is 9.50 Å².